The second kappa shape index (κ2) is 9.20. The van der Waals surface area contributed by atoms with Gasteiger partial charge in [0.25, 0.3) is 0 Å². The fourth-order valence-electron chi connectivity index (χ4n) is 4.99. The molecule has 0 saturated heterocycles. The normalized spacial score (nSPS) is 17.1. The number of hydrogen-bond acceptors (Lipinski definition) is 1. The van der Waals surface area contributed by atoms with Crippen LogP contribution in [0.1, 0.15) is 78.3 Å². The Balaban J connectivity index is 1.93. The van der Waals surface area contributed by atoms with Crippen molar-refractivity contribution in [2.75, 3.05) is 0 Å². The van der Waals surface area contributed by atoms with E-state index >= 15 is 0 Å². The van der Waals surface area contributed by atoms with Gasteiger partial charge in [0.05, 0.1) is 13.5 Å². The number of nitrogens with zero attached hydrogens (tertiary/aromatic N) is 2. The number of aryl methyl sites for hydroxylation is 1. The van der Waals surface area contributed by atoms with Gasteiger partial charge in [-0.2, -0.15) is 4.57 Å². The summed E-state index contributed by atoms with van der Waals surface area (Å²) in [6, 6.07) is 15.1. The minimum absolute atomic E-state index is 0.229. The number of aromatic nitrogens is 1. The smallest absolute Gasteiger partial charge is 0.216 e. The van der Waals surface area contributed by atoms with Crippen molar-refractivity contribution in [1.82, 2.24) is 0 Å². The number of rotatable bonds is 4. The van der Waals surface area contributed by atoms with Crippen LogP contribution < -0.4 is 4.57 Å². The molecule has 0 N–H and O–H groups in total. The van der Waals surface area contributed by atoms with Crippen LogP contribution in [-0.4, -0.2) is 0 Å². The fourth-order valence-corrected chi connectivity index (χ4v) is 4.99. The van der Waals surface area contributed by atoms with Crippen LogP contribution in [0.3, 0.4) is 0 Å². The molecule has 0 amide bonds. The highest BCUT2D eigenvalue weighted by molar-refractivity contribution is 6.15. The van der Waals surface area contributed by atoms with Crippen LogP contribution in [0.25, 0.3) is 49.2 Å². The van der Waals surface area contributed by atoms with Gasteiger partial charge in [0, 0.05) is 44.5 Å². The number of benzene rings is 3. The van der Waals surface area contributed by atoms with Crippen molar-refractivity contribution in [1.29, 1.82) is 0 Å². The lowest BCUT2D eigenvalue weighted by Crippen LogP contribution is -2.36. The maximum absolute atomic E-state index is 9.36. The second-order valence-corrected chi connectivity index (χ2v) is 9.95. The van der Waals surface area contributed by atoms with Crippen molar-refractivity contribution in [3.63, 3.8) is 0 Å². The molecule has 0 aliphatic rings. The first-order valence-electron chi connectivity index (χ1n) is 16.3. The Morgan fingerprint density at radius 2 is 1.65 bits per heavy atom. The first-order chi connectivity index (χ1) is 20.8. The standard InChI is InChI=1S/C34H35N2O/c1-19(2)24-11-13-25(14-12-24)32-29(35-8)17-16-27-26-15-10-21(5)31(33(26)37-34(27)32)30-18-28(20(3)4)22(6)23(7)36(30)9/h10-20H,1-7,9H3/q+1/i3D3,6D3,18D,20D. The lowest BCUT2D eigenvalue weighted by molar-refractivity contribution is -0.667. The molecule has 2 aromatic heterocycles. The van der Waals surface area contributed by atoms with Crippen molar-refractivity contribution in [3.05, 3.63) is 93.9 Å². The molecule has 5 aromatic rings. The molecule has 0 bridgehead atoms. The van der Waals surface area contributed by atoms with E-state index in [1.807, 2.05) is 49.4 Å². The Morgan fingerprint density at radius 1 is 0.973 bits per heavy atom. The molecule has 1 unspecified atom stereocenters. The molecule has 3 heteroatoms. The minimum atomic E-state index is -2.91. The topological polar surface area (TPSA) is 21.4 Å². The van der Waals surface area contributed by atoms with Gasteiger partial charge in [-0.25, -0.2) is 4.85 Å². The Morgan fingerprint density at radius 3 is 2.27 bits per heavy atom. The molecule has 0 saturated carbocycles. The number of fused-ring (bicyclic) bond motifs is 3. The van der Waals surface area contributed by atoms with Crippen LogP contribution in [0.2, 0.25) is 0 Å². The third kappa shape index (κ3) is 3.92. The van der Waals surface area contributed by atoms with E-state index in [1.54, 1.807) is 24.6 Å². The van der Waals surface area contributed by atoms with E-state index in [9.17, 15) is 1.37 Å². The summed E-state index contributed by atoms with van der Waals surface area (Å²) in [6.07, 6.45) is 0. The first-order valence-corrected chi connectivity index (χ1v) is 12.3. The van der Waals surface area contributed by atoms with Crippen LogP contribution >= 0.6 is 0 Å². The predicted octanol–water partition coefficient (Wildman–Crippen LogP) is 9.47. The summed E-state index contributed by atoms with van der Waals surface area (Å²) in [6.45, 7) is 11.0. The van der Waals surface area contributed by atoms with Crippen LogP contribution in [0.15, 0.2) is 59.0 Å². The van der Waals surface area contributed by atoms with Crippen LogP contribution in [0.4, 0.5) is 5.69 Å². The average molecular weight is 496 g/mol. The summed E-state index contributed by atoms with van der Waals surface area (Å²) in [7, 11) is 1.64. The first kappa shape index (κ1) is 16.8. The quantitative estimate of drug-likeness (QED) is 0.180. The molecule has 186 valence electrons. The molecule has 3 nitrogen and oxygen atoms in total. The molecule has 37 heavy (non-hydrogen) atoms. The van der Waals surface area contributed by atoms with E-state index in [0.717, 1.165) is 23.3 Å². The third-order valence-electron chi connectivity index (χ3n) is 7.29. The maximum Gasteiger partial charge on any atom is 0.216 e. The predicted molar refractivity (Wildman–Crippen MR) is 154 cm³/mol. The number of hydrogen-bond donors (Lipinski definition) is 0. The van der Waals surface area contributed by atoms with Crippen molar-refractivity contribution in [2.24, 2.45) is 7.05 Å². The molecule has 0 aliphatic carbocycles. The number of pyridine rings is 1. The van der Waals surface area contributed by atoms with Gasteiger partial charge < -0.3 is 4.42 Å². The summed E-state index contributed by atoms with van der Waals surface area (Å²) in [5.41, 5.74) is 4.98. The summed E-state index contributed by atoms with van der Waals surface area (Å²) in [4.78, 5) is 3.79. The Labute approximate surface area is 231 Å². The Bertz CT molecular complexity index is 2030. The summed E-state index contributed by atoms with van der Waals surface area (Å²) in [5, 5.41) is 1.49. The van der Waals surface area contributed by atoms with E-state index in [2.05, 4.69) is 18.7 Å². The molecule has 0 aliphatic heterocycles. The van der Waals surface area contributed by atoms with E-state index in [0.29, 0.717) is 39.5 Å². The van der Waals surface area contributed by atoms with Crippen molar-refractivity contribution in [2.45, 2.75) is 60.1 Å². The molecule has 3 aromatic carbocycles. The van der Waals surface area contributed by atoms with Gasteiger partial charge in [-0.3, -0.25) is 0 Å². The van der Waals surface area contributed by atoms with E-state index in [-0.39, 0.29) is 28.6 Å². The largest absolute Gasteiger partial charge is 0.456 e. The molecule has 0 fully saturated rings. The van der Waals surface area contributed by atoms with E-state index < -0.39 is 19.6 Å². The van der Waals surface area contributed by atoms with Crippen molar-refractivity contribution in [3.8, 4) is 22.4 Å². The van der Waals surface area contributed by atoms with Crippen LogP contribution in [0, 0.1) is 27.3 Å². The second-order valence-electron chi connectivity index (χ2n) is 9.95. The highest BCUT2D eigenvalue weighted by atomic mass is 16.3. The SMILES string of the molecule is [2H]c1c(C([2H])(C)C([2H])([2H])[2H])c(C([2H])([2H])[2H])c(C)[n+](C)c1-c1c(C)ccc2c1oc1c(-c3ccc(C(C)C)cc3)c([N+]#[C-])ccc12. The molecule has 1 atom stereocenters. The fraction of sp³-hybridized carbons (Fsp3) is 0.294. The monoisotopic (exact) mass is 495 g/mol. The zero-order chi connectivity index (χ0) is 33.4. The zero-order valence-electron chi connectivity index (χ0n) is 30.0. The summed E-state index contributed by atoms with van der Waals surface area (Å²) >= 11 is 0. The van der Waals surface area contributed by atoms with Gasteiger partial charge in [0.2, 0.25) is 5.69 Å². The highest BCUT2D eigenvalue weighted by Gasteiger charge is 2.26. The minimum Gasteiger partial charge on any atom is -0.456 e. The molecular formula is C34H35N2O+. The molecule has 0 radical (unpaired) electrons. The number of furan rings is 1. The Kier molecular flexibility index (Phi) is 4.17. The van der Waals surface area contributed by atoms with Crippen LogP contribution in [0.5, 0.6) is 0 Å². The van der Waals surface area contributed by atoms with Gasteiger partial charge in [-0.05, 0) is 47.8 Å². The zero-order valence-corrected chi connectivity index (χ0v) is 22.0. The lowest BCUT2D eigenvalue weighted by Gasteiger charge is -2.14. The highest BCUT2D eigenvalue weighted by Crippen LogP contribution is 2.44. The van der Waals surface area contributed by atoms with Crippen molar-refractivity contribution < 1.29 is 20.0 Å². The van der Waals surface area contributed by atoms with E-state index in [4.69, 9.17) is 20.6 Å². The summed E-state index contributed by atoms with van der Waals surface area (Å²) < 4.78 is 75.7. The lowest BCUT2D eigenvalue weighted by atomic mass is 9.92. The maximum atomic E-state index is 9.36. The van der Waals surface area contributed by atoms with Crippen molar-refractivity contribution >= 4 is 27.6 Å². The Hall–Kier alpha value is -3.90. The third-order valence-corrected chi connectivity index (χ3v) is 7.29. The van der Waals surface area contributed by atoms with Gasteiger partial charge in [0.1, 0.15) is 18.2 Å². The van der Waals surface area contributed by atoms with Gasteiger partial charge in [-0.1, -0.05) is 76.2 Å². The molecule has 2 heterocycles. The molecule has 0 spiro atoms. The summed E-state index contributed by atoms with van der Waals surface area (Å²) in [5.74, 6) is -2.05. The molecule has 5 rings (SSSR count). The van der Waals surface area contributed by atoms with E-state index in [1.165, 1.54) is 5.56 Å². The van der Waals surface area contributed by atoms with Gasteiger partial charge >= 0.3 is 0 Å². The van der Waals surface area contributed by atoms with Crippen LogP contribution in [-0.2, 0) is 7.05 Å². The van der Waals surface area contributed by atoms with Gasteiger partial charge in [-0.15, -0.1) is 0 Å². The average Bonchev–Trinajstić information content (AvgIpc) is 3.32. The van der Waals surface area contributed by atoms with Gasteiger partial charge in [0.15, 0.2) is 11.4 Å². The molecular weight excluding hydrogens is 452 g/mol.